The molecular formula is C20H31N3O3. The van der Waals surface area contributed by atoms with Crippen molar-refractivity contribution in [2.45, 2.75) is 45.6 Å². The summed E-state index contributed by atoms with van der Waals surface area (Å²) < 4.78 is 16.1. The minimum absolute atomic E-state index is 0.301. The van der Waals surface area contributed by atoms with E-state index in [1.165, 1.54) is 25.7 Å². The number of rotatable bonds is 8. The summed E-state index contributed by atoms with van der Waals surface area (Å²) in [6.45, 7) is 5.62. The topological polar surface area (TPSA) is 64.1 Å². The van der Waals surface area contributed by atoms with E-state index < -0.39 is 0 Å². The van der Waals surface area contributed by atoms with Crippen molar-refractivity contribution >= 4 is 5.96 Å². The van der Waals surface area contributed by atoms with Crippen LogP contribution in [0.2, 0.25) is 0 Å². The molecule has 26 heavy (non-hydrogen) atoms. The van der Waals surface area contributed by atoms with Crippen molar-refractivity contribution in [3.05, 3.63) is 23.8 Å². The molecule has 1 saturated carbocycles. The predicted molar refractivity (Wildman–Crippen MR) is 103 cm³/mol. The minimum atomic E-state index is 0.301. The predicted octanol–water partition coefficient (Wildman–Crippen LogP) is 3.07. The Balaban J connectivity index is 1.59. The molecular weight excluding hydrogens is 330 g/mol. The van der Waals surface area contributed by atoms with E-state index in [4.69, 9.17) is 19.2 Å². The van der Waals surface area contributed by atoms with Gasteiger partial charge in [-0.2, -0.15) is 0 Å². The molecule has 0 atom stereocenters. The van der Waals surface area contributed by atoms with Crippen LogP contribution >= 0.6 is 0 Å². The fourth-order valence-corrected chi connectivity index (χ4v) is 3.78. The van der Waals surface area contributed by atoms with E-state index in [1.807, 2.05) is 18.2 Å². The zero-order valence-electron chi connectivity index (χ0n) is 16.0. The second kappa shape index (κ2) is 9.12. The molecule has 0 amide bonds. The van der Waals surface area contributed by atoms with E-state index in [2.05, 4.69) is 17.6 Å². The van der Waals surface area contributed by atoms with Gasteiger partial charge in [-0.25, -0.2) is 4.99 Å². The van der Waals surface area contributed by atoms with Gasteiger partial charge < -0.3 is 24.8 Å². The first-order valence-electron chi connectivity index (χ1n) is 9.64. The quantitative estimate of drug-likeness (QED) is 0.550. The summed E-state index contributed by atoms with van der Waals surface area (Å²) in [5.74, 6) is 2.48. The molecule has 6 heteroatoms. The third kappa shape index (κ3) is 4.81. The first-order valence-corrected chi connectivity index (χ1v) is 9.64. The number of benzene rings is 1. The van der Waals surface area contributed by atoms with Gasteiger partial charge in [0.2, 0.25) is 6.79 Å². The zero-order chi connectivity index (χ0) is 18.2. The highest BCUT2D eigenvalue weighted by molar-refractivity contribution is 5.79. The monoisotopic (exact) mass is 361 g/mol. The molecule has 0 spiro atoms. The van der Waals surface area contributed by atoms with E-state index in [9.17, 15) is 0 Å². The summed E-state index contributed by atoms with van der Waals surface area (Å²) >= 11 is 0. The molecule has 1 heterocycles. The molecule has 0 bridgehead atoms. The van der Waals surface area contributed by atoms with Gasteiger partial charge in [0.1, 0.15) is 0 Å². The molecule has 3 rings (SSSR count). The van der Waals surface area contributed by atoms with Gasteiger partial charge in [0, 0.05) is 26.8 Å². The molecule has 144 valence electrons. The maximum absolute atomic E-state index is 5.45. The fourth-order valence-electron chi connectivity index (χ4n) is 3.78. The number of guanidine groups is 1. The summed E-state index contributed by atoms with van der Waals surface area (Å²) in [6, 6.07) is 6.00. The number of fused-ring (bicyclic) bond motifs is 1. The van der Waals surface area contributed by atoms with Gasteiger partial charge >= 0.3 is 0 Å². The fraction of sp³-hybridized carbons (Fsp3) is 0.650. The maximum atomic E-state index is 5.45. The van der Waals surface area contributed by atoms with E-state index >= 15 is 0 Å². The normalized spacial score (nSPS) is 18.2. The smallest absolute Gasteiger partial charge is 0.231 e. The SMILES string of the molecule is CCNC(=NCc1ccc2c(c1)OCO2)NCC1(CCOC)CCCC1. The van der Waals surface area contributed by atoms with E-state index in [1.54, 1.807) is 7.11 Å². The van der Waals surface area contributed by atoms with Crippen LogP contribution in [0.25, 0.3) is 0 Å². The second-order valence-electron chi connectivity index (χ2n) is 7.19. The van der Waals surface area contributed by atoms with Crippen LogP contribution in [0.1, 0.15) is 44.6 Å². The van der Waals surface area contributed by atoms with Gasteiger partial charge in [0.05, 0.1) is 6.54 Å². The largest absolute Gasteiger partial charge is 0.454 e. The van der Waals surface area contributed by atoms with Crippen LogP contribution in [-0.4, -0.2) is 39.6 Å². The Morgan fingerprint density at radius 1 is 1.19 bits per heavy atom. The summed E-state index contributed by atoms with van der Waals surface area (Å²) in [6.07, 6.45) is 6.28. The first-order chi connectivity index (χ1) is 12.7. The molecule has 0 aromatic heterocycles. The zero-order valence-corrected chi connectivity index (χ0v) is 16.0. The molecule has 1 aliphatic carbocycles. The number of ether oxygens (including phenoxy) is 3. The average molecular weight is 361 g/mol. The Bertz CT molecular complexity index is 612. The Morgan fingerprint density at radius 3 is 2.77 bits per heavy atom. The molecule has 1 aromatic rings. The Hall–Kier alpha value is -1.95. The van der Waals surface area contributed by atoms with Gasteiger partial charge in [-0.15, -0.1) is 0 Å². The molecule has 2 N–H and O–H groups in total. The van der Waals surface area contributed by atoms with E-state index in [-0.39, 0.29) is 0 Å². The minimum Gasteiger partial charge on any atom is -0.454 e. The van der Waals surface area contributed by atoms with Gasteiger partial charge in [-0.3, -0.25) is 0 Å². The number of hydrogen-bond donors (Lipinski definition) is 2. The molecule has 0 radical (unpaired) electrons. The third-order valence-electron chi connectivity index (χ3n) is 5.33. The van der Waals surface area contributed by atoms with E-state index in [0.717, 1.165) is 49.1 Å². The molecule has 1 aliphatic heterocycles. The molecule has 1 aromatic carbocycles. The number of methoxy groups -OCH3 is 1. The lowest BCUT2D eigenvalue weighted by Crippen LogP contribution is -2.43. The van der Waals surface area contributed by atoms with Crippen LogP contribution in [-0.2, 0) is 11.3 Å². The Labute approximate surface area is 156 Å². The number of hydrogen-bond acceptors (Lipinski definition) is 4. The Morgan fingerprint density at radius 2 is 2.00 bits per heavy atom. The highest BCUT2D eigenvalue weighted by Crippen LogP contribution is 2.40. The molecule has 6 nitrogen and oxygen atoms in total. The lowest BCUT2D eigenvalue weighted by molar-refractivity contribution is 0.138. The first kappa shape index (κ1) is 18.8. The Kier molecular flexibility index (Phi) is 6.61. The van der Waals surface area contributed by atoms with Crippen molar-refractivity contribution in [1.29, 1.82) is 0 Å². The van der Waals surface area contributed by atoms with E-state index in [0.29, 0.717) is 18.8 Å². The second-order valence-corrected chi connectivity index (χ2v) is 7.19. The van der Waals surface area contributed by atoms with Crippen LogP contribution in [0.3, 0.4) is 0 Å². The van der Waals surface area contributed by atoms with Crippen molar-refractivity contribution in [3.8, 4) is 11.5 Å². The lowest BCUT2D eigenvalue weighted by Gasteiger charge is -2.30. The van der Waals surface area contributed by atoms with Crippen molar-refractivity contribution in [1.82, 2.24) is 10.6 Å². The highest BCUT2D eigenvalue weighted by Gasteiger charge is 2.33. The van der Waals surface area contributed by atoms with Crippen LogP contribution in [0.15, 0.2) is 23.2 Å². The van der Waals surface area contributed by atoms with Gasteiger partial charge in [0.25, 0.3) is 0 Å². The van der Waals surface area contributed by atoms with Crippen molar-refractivity contribution in [3.63, 3.8) is 0 Å². The van der Waals surface area contributed by atoms with Gasteiger partial charge in [-0.05, 0) is 49.3 Å². The number of nitrogens with one attached hydrogen (secondary N) is 2. The standard InChI is InChI=1S/C20H31N3O3/c1-3-21-19(23-14-20(10-11-24-2)8-4-5-9-20)22-13-16-6-7-17-18(12-16)26-15-25-17/h6-7,12H,3-5,8-11,13-15H2,1-2H3,(H2,21,22,23). The van der Waals surface area contributed by atoms with Crippen LogP contribution in [0, 0.1) is 5.41 Å². The molecule has 1 fully saturated rings. The average Bonchev–Trinajstić information content (AvgIpc) is 3.31. The molecule has 0 saturated heterocycles. The third-order valence-corrected chi connectivity index (χ3v) is 5.33. The summed E-state index contributed by atoms with van der Waals surface area (Å²) in [7, 11) is 1.78. The summed E-state index contributed by atoms with van der Waals surface area (Å²) in [5.41, 5.74) is 1.45. The summed E-state index contributed by atoms with van der Waals surface area (Å²) in [5, 5.41) is 6.92. The molecule has 0 unspecified atom stereocenters. The van der Waals surface area contributed by atoms with Gasteiger partial charge in [0.15, 0.2) is 17.5 Å². The van der Waals surface area contributed by atoms with Crippen molar-refractivity contribution < 1.29 is 14.2 Å². The van der Waals surface area contributed by atoms with Crippen LogP contribution in [0.4, 0.5) is 0 Å². The number of nitrogens with zero attached hydrogens (tertiary/aromatic N) is 1. The molecule has 2 aliphatic rings. The van der Waals surface area contributed by atoms with Crippen molar-refractivity contribution in [2.24, 2.45) is 10.4 Å². The van der Waals surface area contributed by atoms with Crippen LogP contribution in [0.5, 0.6) is 11.5 Å². The summed E-state index contributed by atoms with van der Waals surface area (Å²) in [4.78, 5) is 4.75. The highest BCUT2D eigenvalue weighted by atomic mass is 16.7. The maximum Gasteiger partial charge on any atom is 0.231 e. The van der Waals surface area contributed by atoms with Gasteiger partial charge in [-0.1, -0.05) is 18.9 Å². The van der Waals surface area contributed by atoms with Crippen molar-refractivity contribution in [2.75, 3.05) is 33.6 Å². The lowest BCUT2D eigenvalue weighted by atomic mass is 9.83. The van der Waals surface area contributed by atoms with Crippen LogP contribution < -0.4 is 20.1 Å². The number of aliphatic imine (C=N–C) groups is 1.